The minimum absolute atomic E-state index is 0. The van der Waals surface area contributed by atoms with Gasteiger partial charge in [0.2, 0.25) is 0 Å². The van der Waals surface area contributed by atoms with Gasteiger partial charge >= 0.3 is 0 Å². The van der Waals surface area contributed by atoms with Crippen LogP contribution in [0.4, 0.5) is 0 Å². The summed E-state index contributed by atoms with van der Waals surface area (Å²) in [5, 5.41) is 3.57. The molecule has 1 atom stereocenters. The maximum absolute atomic E-state index is 6.06. The normalized spacial score (nSPS) is 21.0. The number of morpholine rings is 1. The Bertz CT molecular complexity index is 619. The third-order valence-corrected chi connectivity index (χ3v) is 6.00. The van der Waals surface area contributed by atoms with Crippen LogP contribution in [0.1, 0.15) is 55.8 Å². The molecular weight excluding hydrogens is 475 g/mol. The molecule has 0 aliphatic carbocycles. The van der Waals surface area contributed by atoms with Crippen LogP contribution in [0.2, 0.25) is 0 Å². The van der Waals surface area contributed by atoms with Crippen LogP contribution in [-0.2, 0) is 4.74 Å². The first-order valence-electron chi connectivity index (χ1n) is 11.1. The molecule has 0 bridgehead atoms. The van der Waals surface area contributed by atoms with Crippen LogP contribution in [0.15, 0.2) is 29.3 Å². The molecule has 1 aromatic rings. The molecule has 0 radical (unpaired) electrons. The fourth-order valence-electron chi connectivity index (χ4n) is 4.33. The van der Waals surface area contributed by atoms with Crippen LogP contribution in [0.25, 0.3) is 0 Å². The highest BCUT2D eigenvalue weighted by molar-refractivity contribution is 14.0. The first-order chi connectivity index (χ1) is 13.8. The van der Waals surface area contributed by atoms with Gasteiger partial charge < -0.3 is 19.9 Å². The molecule has 29 heavy (non-hydrogen) atoms. The number of aryl methyl sites for hydroxylation is 1. The van der Waals surface area contributed by atoms with E-state index >= 15 is 0 Å². The molecule has 2 heterocycles. The summed E-state index contributed by atoms with van der Waals surface area (Å²) in [5.41, 5.74) is 2.59. The van der Waals surface area contributed by atoms with Crippen molar-refractivity contribution in [1.82, 2.24) is 15.1 Å². The van der Waals surface area contributed by atoms with Gasteiger partial charge in [-0.25, -0.2) is 0 Å². The van der Waals surface area contributed by atoms with Crippen molar-refractivity contribution in [2.45, 2.75) is 51.6 Å². The van der Waals surface area contributed by atoms with Crippen molar-refractivity contribution < 1.29 is 4.74 Å². The molecule has 2 fully saturated rings. The Morgan fingerprint density at radius 3 is 2.66 bits per heavy atom. The van der Waals surface area contributed by atoms with E-state index in [9.17, 15) is 0 Å². The average molecular weight is 514 g/mol. The van der Waals surface area contributed by atoms with Gasteiger partial charge in [0.15, 0.2) is 5.96 Å². The van der Waals surface area contributed by atoms with Crippen LogP contribution in [0, 0.1) is 6.92 Å². The molecule has 2 aliphatic heterocycles. The second-order valence-electron chi connectivity index (χ2n) is 8.10. The Kier molecular flexibility index (Phi) is 11.3. The number of nitrogens with one attached hydrogen (secondary N) is 1. The van der Waals surface area contributed by atoms with E-state index in [0.717, 1.165) is 32.2 Å². The van der Waals surface area contributed by atoms with E-state index in [1.807, 2.05) is 7.05 Å². The molecule has 1 N–H and O–H groups in total. The Balaban J connectivity index is 0.00000300. The van der Waals surface area contributed by atoms with E-state index in [4.69, 9.17) is 4.74 Å². The minimum Gasteiger partial charge on any atom is -0.370 e. The van der Waals surface area contributed by atoms with Crippen LogP contribution >= 0.6 is 24.0 Å². The number of hydrogen-bond acceptors (Lipinski definition) is 3. The second-order valence-corrected chi connectivity index (χ2v) is 8.10. The van der Waals surface area contributed by atoms with E-state index in [1.165, 1.54) is 69.3 Å². The smallest absolute Gasteiger partial charge is 0.193 e. The molecule has 3 rings (SSSR count). The maximum atomic E-state index is 6.06. The lowest BCUT2D eigenvalue weighted by molar-refractivity contribution is -0.00830. The lowest BCUT2D eigenvalue weighted by Gasteiger charge is -2.35. The van der Waals surface area contributed by atoms with Gasteiger partial charge in [0.1, 0.15) is 6.10 Å². The number of unbranched alkanes of at least 4 members (excludes halogenated alkanes) is 2. The summed E-state index contributed by atoms with van der Waals surface area (Å²) in [5.74, 6) is 1.01. The number of hydrogen-bond donors (Lipinski definition) is 1. The number of guanidine groups is 1. The zero-order valence-electron chi connectivity index (χ0n) is 18.2. The van der Waals surface area contributed by atoms with E-state index in [0.29, 0.717) is 0 Å². The maximum Gasteiger partial charge on any atom is 0.193 e. The average Bonchev–Trinajstić information content (AvgIpc) is 2.74. The van der Waals surface area contributed by atoms with Gasteiger partial charge in [0.05, 0.1) is 13.2 Å². The molecule has 1 aromatic carbocycles. The summed E-state index contributed by atoms with van der Waals surface area (Å²) >= 11 is 0. The summed E-state index contributed by atoms with van der Waals surface area (Å²) in [6, 6.07) is 8.53. The number of piperidine rings is 1. The molecular formula is C23H39IN4O. The summed E-state index contributed by atoms with van der Waals surface area (Å²) in [6.45, 7) is 9.56. The van der Waals surface area contributed by atoms with Crippen molar-refractivity contribution in [2.24, 2.45) is 4.99 Å². The predicted molar refractivity (Wildman–Crippen MR) is 132 cm³/mol. The molecule has 0 aromatic heterocycles. The van der Waals surface area contributed by atoms with Crippen LogP contribution < -0.4 is 5.32 Å². The first kappa shape index (κ1) is 24.4. The standard InChI is InChI=1S/C23H38N4O.HI/c1-20-11-5-6-12-21(20)22-19-27(17-18-28-22)23(24-2)25-13-7-3-8-14-26-15-9-4-10-16-26;/h5-6,11-12,22H,3-4,7-10,13-19H2,1-2H3,(H,24,25);1H. The van der Waals surface area contributed by atoms with Gasteiger partial charge in [-0.15, -0.1) is 24.0 Å². The van der Waals surface area contributed by atoms with Crippen LogP contribution in [0.5, 0.6) is 0 Å². The van der Waals surface area contributed by atoms with Crippen molar-refractivity contribution in [1.29, 1.82) is 0 Å². The molecule has 0 saturated carbocycles. The van der Waals surface area contributed by atoms with E-state index in [1.54, 1.807) is 0 Å². The number of likely N-dealkylation sites (tertiary alicyclic amines) is 1. The number of nitrogens with zero attached hydrogens (tertiary/aromatic N) is 3. The highest BCUT2D eigenvalue weighted by atomic mass is 127. The first-order valence-corrected chi connectivity index (χ1v) is 11.1. The van der Waals surface area contributed by atoms with Crippen LogP contribution in [0.3, 0.4) is 0 Å². The topological polar surface area (TPSA) is 40.1 Å². The Morgan fingerprint density at radius 1 is 1.10 bits per heavy atom. The zero-order valence-corrected chi connectivity index (χ0v) is 20.6. The van der Waals surface area contributed by atoms with Crippen molar-refractivity contribution >= 4 is 29.9 Å². The summed E-state index contributed by atoms with van der Waals surface area (Å²) < 4.78 is 6.06. The lowest BCUT2D eigenvalue weighted by Crippen LogP contribution is -2.48. The molecule has 164 valence electrons. The largest absolute Gasteiger partial charge is 0.370 e. The molecule has 2 saturated heterocycles. The third-order valence-electron chi connectivity index (χ3n) is 6.00. The molecule has 0 spiro atoms. The molecule has 5 nitrogen and oxygen atoms in total. The third kappa shape index (κ3) is 7.72. The van der Waals surface area contributed by atoms with Gasteiger partial charge in [-0.3, -0.25) is 4.99 Å². The van der Waals surface area contributed by atoms with Gasteiger partial charge in [0.25, 0.3) is 0 Å². The van der Waals surface area contributed by atoms with Crippen molar-refractivity contribution in [3.8, 4) is 0 Å². The fourth-order valence-corrected chi connectivity index (χ4v) is 4.33. The minimum atomic E-state index is 0. The highest BCUT2D eigenvalue weighted by Crippen LogP contribution is 2.24. The molecule has 0 amide bonds. The van der Waals surface area contributed by atoms with Gasteiger partial charge in [-0.05, 0) is 63.4 Å². The van der Waals surface area contributed by atoms with Crippen molar-refractivity contribution in [2.75, 3.05) is 52.9 Å². The van der Waals surface area contributed by atoms with Gasteiger partial charge in [0, 0.05) is 20.1 Å². The lowest BCUT2D eigenvalue weighted by atomic mass is 10.0. The summed E-state index contributed by atoms with van der Waals surface area (Å²) in [4.78, 5) is 9.50. The molecule has 6 heteroatoms. The van der Waals surface area contributed by atoms with E-state index in [2.05, 4.69) is 51.3 Å². The second kappa shape index (κ2) is 13.4. The number of rotatable bonds is 7. The van der Waals surface area contributed by atoms with Crippen molar-refractivity contribution in [3.63, 3.8) is 0 Å². The number of aliphatic imine (C=N–C) groups is 1. The number of halogens is 1. The number of benzene rings is 1. The van der Waals surface area contributed by atoms with E-state index < -0.39 is 0 Å². The Hall–Kier alpha value is -0.860. The predicted octanol–water partition coefficient (Wildman–Crippen LogP) is 4.22. The zero-order chi connectivity index (χ0) is 19.6. The highest BCUT2D eigenvalue weighted by Gasteiger charge is 2.24. The van der Waals surface area contributed by atoms with Crippen LogP contribution in [-0.4, -0.2) is 68.7 Å². The van der Waals surface area contributed by atoms with Gasteiger partial charge in [-0.2, -0.15) is 0 Å². The quantitative estimate of drug-likeness (QED) is 0.256. The monoisotopic (exact) mass is 514 g/mol. The fraction of sp³-hybridized carbons (Fsp3) is 0.696. The summed E-state index contributed by atoms with van der Waals surface area (Å²) in [6.07, 6.45) is 8.13. The summed E-state index contributed by atoms with van der Waals surface area (Å²) in [7, 11) is 1.89. The molecule has 2 aliphatic rings. The Labute approximate surface area is 194 Å². The molecule has 1 unspecified atom stereocenters. The van der Waals surface area contributed by atoms with Gasteiger partial charge in [-0.1, -0.05) is 37.1 Å². The van der Waals surface area contributed by atoms with E-state index in [-0.39, 0.29) is 30.1 Å². The number of ether oxygens (including phenoxy) is 1. The Morgan fingerprint density at radius 2 is 1.90 bits per heavy atom. The van der Waals surface area contributed by atoms with Crippen molar-refractivity contribution in [3.05, 3.63) is 35.4 Å². The SMILES string of the molecule is CN=C(NCCCCCN1CCCCC1)N1CCOC(c2ccccc2C)C1.I.